The molecule has 11 heteroatoms. The Morgan fingerprint density at radius 2 is 1.83 bits per heavy atom. The third-order valence-electron chi connectivity index (χ3n) is 6.24. The molecule has 1 saturated heterocycles. The van der Waals surface area contributed by atoms with E-state index < -0.39 is 28.3 Å². The molecule has 0 saturated carbocycles. The Balaban J connectivity index is 1.55. The van der Waals surface area contributed by atoms with Crippen molar-refractivity contribution in [3.05, 3.63) is 65.1 Å². The lowest BCUT2D eigenvalue weighted by atomic mass is 9.99. The van der Waals surface area contributed by atoms with Crippen molar-refractivity contribution in [2.45, 2.75) is 63.2 Å². The molecule has 0 unspecified atom stereocenters. The van der Waals surface area contributed by atoms with Gasteiger partial charge in [0.1, 0.15) is 16.9 Å². The van der Waals surface area contributed by atoms with E-state index in [0.717, 1.165) is 27.2 Å². The molecule has 0 aliphatic carbocycles. The Kier molecular flexibility index (Phi) is 7.25. The van der Waals surface area contributed by atoms with Gasteiger partial charge in [-0.3, -0.25) is 14.8 Å². The predicted octanol–water partition coefficient (Wildman–Crippen LogP) is 3.90. The molecule has 35 heavy (non-hydrogen) atoms. The summed E-state index contributed by atoms with van der Waals surface area (Å²) in [6.45, 7) is 5.15. The first-order chi connectivity index (χ1) is 16.6. The molecule has 3 atom stereocenters. The fourth-order valence-electron chi connectivity index (χ4n) is 4.21. The van der Waals surface area contributed by atoms with Crippen molar-refractivity contribution in [2.75, 3.05) is 0 Å². The first-order valence-corrected chi connectivity index (χ1v) is 12.9. The zero-order chi connectivity index (χ0) is 25.3. The number of carbonyl (C=O) groups is 1. The van der Waals surface area contributed by atoms with Gasteiger partial charge in [0.15, 0.2) is 5.78 Å². The second-order valence-corrected chi connectivity index (χ2v) is 10.9. The maximum absolute atomic E-state index is 14.7. The van der Waals surface area contributed by atoms with Gasteiger partial charge in [-0.15, -0.1) is 0 Å². The number of Topliss-reactive ketones (excluding diaryl/α,β-unsaturated/α-hetero) is 1. The Morgan fingerprint density at radius 1 is 1.11 bits per heavy atom. The zero-order valence-electron chi connectivity index (χ0n) is 19.5. The highest BCUT2D eigenvalue weighted by molar-refractivity contribution is 7.89. The summed E-state index contributed by atoms with van der Waals surface area (Å²) in [6, 6.07) is 1.04. The number of halogens is 2. The van der Waals surface area contributed by atoms with Crippen LogP contribution in [0.5, 0.6) is 0 Å². The van der Waals surface area contributed by atoms with Crippen molar-refractivity contribution in [1.82, 2.24) is 24.2 Å². The van der Waals surface area contributed by atoms with Gasteiger partial charge in [-0.05, 0) is 50.5 Å². The van der Waals surface area contributed by atoms with Gasteiger partial charge >= 0.3 is 0 Å². The van der Waals surface area contributed by atoms with Crippen molar-refractivity contribution < 1.29 is 17.6 Å². The van der Waals surface area contributed by atoms with Gasteiger partial charge in [-0.1, -0.05) is 11.6 Å². The van der Waals surface area contributed by atoms with E-state index in [1.54, 1.807) is 25.5 Å². The van der Waals surface area contributed by atoms with Crippen LogP contribution in [0.1, 0.15) is 36.7 Å². The first-order valence-electron chi connectivity index (χ1n) is 11.1. The van der Waals surface area contributed by atoms with E-state index in [0.29, 0.717) is 17.9 Å². The minimum atomic E-state index is -4.17. The van der Waals surface area contributed by atoms with Gasteiger partial charge in [0.05, 0.1) is 22.8 Å². The highest BCUT2D eigenvalue weighted by Gasteiger charge is 2.48. The Morgan fingerprint density at radius 3 is 2.51 bits per heavy atom. The topological polar surface area (TPSA) is 106 Å². The zero-order valence-corrected chi connectivity index (χ0v) is 21.1. The lowest BCUT2D eigenvalue weighted by Gasteiger charge is -2.26. The fraction of sp³-hybridized carbons (Fsp3) is 0.375. The Hall–Kier alpha value is -2.82. The number of nitrogens with zero attached hydrogens (tertiary/aromatic N) is 5. The summed E-state index contributed by atoms with van der Waals surface area (Å²) in [7, 11) is -4.17. The summed E-state index contributed by atoms with van der Waals surface area (Å²) < 4.78 is 42.3. The molecule has 3 aromatic rings. The molecule has 0 spiro atoms. The summed E-state index contributed by atoms with van der Waals surface area (Å²) in [4.78, 5) is 29.7. The summed E-state index contributed by atoms with van der Waals surface area (Å²) >= 11 is 5.92. The molecule has 1 aliphatic heterocycles. The van der Waals surface area contributed by atoms with Crippen LogP contribution in [0.3, 0.4) is 0 Å². The normalized spacial score (nSPS) is 20.8. The summed E-state index contributed by atoms with van der Waals surface area (Å²) in [6.07, 6.45) is 6.32. The number of ketones is 1. The molecular weight excluding hydrogens is 493 g/mol. The van der Waals surface area contributed by atoms with Crippen LogP contribution in [0.15, 0.2) is 48.0 Å². The van der Waals surface area contributed by atoms with Crippen LogP contribution in [-0.2, 0) is 21.2 Å². The van der Waals surface area contributed by atoms with E-state index in [-0.39, 0.29) is 28.5 Å². The molecule has 8 nitrogen and oxygen atoms in total. The smallest absolute Gasteiger partial charge is 0.245 e. The van der Waals surface area contributed by atoms with E-state index in [1.165, 1.54) is 19.2 Å². The van der Waals surface area contributed by atoms with Crippen LogP contribution in [0.25, 0.3) is 11.3 Å². The van der Waals surface area contributed by atoms with Crippen LogP contribution in [0.2, 0.25) is 5.02 Å². The van der Waals surface area contributed by atoms with Crippen LogP contribution >= 0.6 is 11.6 Å². The van der Waals surface area contributed by atoms with Gasteiger partial charge in [-0.2, -0.15) is 4.31 Å². The minimum absolute atomic E-state index is 0.0542. The number of aromatic nitrogens is 4. The van der Waals surface area contributed by atoms with E-state index in [4.69, 9.17) is 11.6 Å². The first kappa shape index (κ1) is 25.3. The predicted molar refractivity (Wildman–Crippen MR) is 129 cm³/mol. The third kappa shape index (κ3) is 5.24. The molecule has 4 heterocycles. The van der Waals surface area contributed by atoms with Crippen molar-refractivity contribution in [2.24, 2.45) is 0 Å². The van der Waals surface area contributed by atoms with Gasteiger partial charge in [0, 0.05) is 49.4 Å². The molecule has 0 aromatic carbocycles. The highest BCUT2D eigenvalue weighted by Crippen LogP contribution is 2.34. The molecule has 0 bridgehead atoms. The number of sulfonamides is 1. The molecule has 4 rings (SSSR count). The number of hydrogen-bond acceptors (Lipinski definition) is 7. The molecule has 0 amide bonds. The fourth-order valence-corrected chi connectivity index (χ4v) is 6.27. The van der Waals surface area contributed by atoms with Crippen molar-refractivity contribution in [3.8, 4) is 11.3 Å². The van der Waals surface area contributed by atoms with Gasteiger partial charge in [0.2, 0.25) is 10.0 Å². The van der Waals surface area contributed by atoms with Crippen LogP contribution in [-0.4, -0.2) is 56.7 Å². The van der Waals surface area contributed by atoms with Gasteiger partial charge in [0.25, 0.3) is 0 Å². The number of alkyl halides is 1. The Bertz CT molecular complexity index is 1350. The molecule has 0 N–H and O–H groups in total. The number of carbonyl (C=O) groups excluding carboxylic acids is 1. The van der Waals surface area contributed by atoms with E-state index in [1.807, 2.05) is 13.0 Å². The average molecular weight is 518 g/mol. The largest absolute Gasteiger partial charge is 0.298 e. The maximum Gasteiger partial charge on any atom is 0.245 e. The van der Waals surface area contributed by atoms with Crippen LogP contribution < -0.4 is 0 Å². The number of rotatable bonds is 7. The van der Waals surface area contributed by atoms with Crippen molar-refractivity contribution >= 4 is 27.4 Å². The van der Waals surface area contributed by atoms with Gasteiger partial charge < -0.3 is 0 Å². The van der Waals surface area contributed by atoms with E-state index >= 15 is 0 Å². The van der Waals surface area contributed by atoms with Crippen LogP contribution in [0, 0.1) is 13.8 Å². The van der Waals surface area contributed by atoms with E-state index in [2.05, 4.69) is 19.9 Å². The van der Waals surface area contributed by atoms with Crippen LogP contribution in [0.4, 0.5) is 4.39 Å². The van der Waals surface area contributed by atoms with Crippen molar-refractivity contribution in [3.63, 3.8) is 0 Å². The average Bonchev–Trinajstić information content (AvgIpc) is 3.14. The minimum Gasteiger partial charge on any atom is -0.298 e. The summed E-state index contributed by atoms with van der Waals surface area (Å²) in [5, 5.41) is 0.139. The number of hydrogen-bond donors (Lipinski definition) is 0. The van der Waals surface area contributed by atoms with Crippen molar-refractivity contribution in [1.29, 1.82) is 0 Å². The lowest BCUT2D eigenvalue weighted by molar-refractivity contribution is -0.122. The SMILES string of the molecule is Cc1ncc(-c2cc(CCC(=O)[C@@H]3C[C@@H](F)[C@H](C)N3S(=O)(=O)c3cncc(Cl)c3)c(C)cn2)cn1. The standard InChI is InChI=1S/C24H25ClFN5O3S/c1-14-9-30-22(18-10-28-16(3)29-11-18)6-17(14)4-5-24(32)23-8-21(26)15(2)31(23)35(33,34)20-7-19(25)12-27-13-20/h6-7,9-13,15,21,23H,4-5,8H2,1-3H3/t15-,21+,23-/m0/s1. The number of aryl methyl sites for hydroxylation is 3. The molecular formula is C24H25ClFN5O3S. The lowest BCUT2D eigenvalue weighted by Crippen LogP contribution is -2.44. The molecule has 0 radical (unpaired) electrons. The molecule has 184 valence electrons. The maximum atomic E-state index is 14.7. The second kappa shape index (κ2) is 10.0. The van der Waals surface area contributed by atoms with E-state index in [9.17, 15) is 17.6 Å². The Labute approximate surface area is 208 Å². The summed E-state index contributed by atoms with van der Waals surface area (Å²) in [5.41, 5.74) is 3.21. The third-order valence-corrected chi connectivity index (χ3v) is 8.41. The monoisotopic (exact) mass is 517 g/mol. The molecule has 1 aliphatic rings. The summed E-state index contributed by atoms with van der Waals surface area (Å²) in [5.74, 6) is 0.309. The van der Waals surface area contributed by atoms with Gasteiger partial charge in [-0.25, -0.2) is 22.8 Å². The molecule has 1 fully saturated rings. The highest BCUT2D eigenvalue weighted by atomic mass is 35.5. The molecule has 3 aromatic heterocycles. The quantitative estimate of drug-likeness (QED) is 0.468. The number of pyridine rings is 2. The second-order valence-electron chi connectivity index (χ2n) is 8.66.